The molecule has 0 heterocycles. The molecule has 1 N–H and O–H groups in total. The number of hydrogen-bond acceptors (Lipinski definition) is 3. The summed E-state index contributed by atoms with van der Waals surface area (Å²) in [5.41, 5.74) is 1.14. The van der Waals surface area contributed by atoms with Gasteiger partial charge in [0.2, 0.25) is 0 Å². The summed E-state index contributed by atoms with van der Waals surface area (Å²) in [5, 5.41) is 3.46. The van der Waals surface area contributed by atoms with Gasteiger partial charge in [-0.25, -0.2) is 0 Å². The zero-order valence-corrected chi connectivity index (χ0v) is 11.2. The fraction of sp³-hybridized carbons (Fsp3) is 0.571. The third kappa shape index (κ3) is 3.93. The van der Waals surface area contributed by atoms with Crippen LogP contribution in [0.2, 0.25) is 0 Å². The molecule has 0 bridgehead atoms. The number of benzene rings is 1. The molecule has 1 rings (SSSR count). The lowest BCUT2D eigenvalue weighted by atomic mass is 10.1. The number of methoxy groups -OCH3 is 1. The minimum Gasteiger partial charge on any atom is -0.493 e. The molecule has 0 aromatic heterocycles. The molecule has 1 atom stereocenters. The SMILES string of the molecule is CCOc1c(CNC(C)CC)cccc1OC. The summed E-state index contributed by atoms with van der Waals surface area (Å²) in [6, 6.07) is 6.51. The second kappa shape index (κ2) is 7.17. The quantitative estimate of drug-likeness (QED) is 0.791. The highest BCUT2D eigenvalue weighted by molar-refractivity contribution is 5.46. The van der Waals surface area contributed by atoms with Crippen LogP contribution in [0.25, 0.3) is 0 Å². The molecule has 0 spiro atoms. The van der Waals surface area contributed by atoms with Gasteiger partial charge in [-0.3, -0.25) is 0 Å². The lowest BCUT2D eigenvalue weighted by molar-refractivity contribution is 0.306. The summed E-state index contributed by atoms with van der Waals surface area (Å²) in [6.07, 6.45) is 1.12. The van der Waals surface area contributed by atoms with Crippen LogP contribution in [0.3, 0.4) is 0 Å². The highest BCUT2D eigenvalue weighted by atomic mass is 16.5. The van der Waals surface area contributed by atoms with Crippen LogP contribution in [0, 0.1) is 0 Å². The lowest BCUT2D eigenvalue weighted by Crippen LogP contribution is -2.24. The zero-order valence-electron chi connectivity index (χ0n) is 11.2. The monoisotopic (exact) mass is 237 g/mol. The molecule has 0 amide bonds. The summed E-state index contributed by atoms with van der Waals surface area (Å²) in [4.78, 5) is 0. The molecule has 1 aromatic rings. The summed E-state index contributed by atoms with van der Waals surface area (Å²) >= 11 is 0. The first kappa shape index (κ1) is 13.8. The number of nitrogens with one attached hydrogen (secondary N) is 1. The van der Waals surface area contributed by atoms with Crippen LogP contribution in [0.1, 0.15) is 32.8 Å². The summed E-state index contributed by atoms with van der Waals surface area (Å²) in [5.74, 6) is 1.66. The Labute approximate surface area is 104 Å². The number of hydrogen-bond donors (Lipinski definition) is 1. The van der Waals surface area contributed by atoms with Crippen molar-refractivity contribution >= 4 is 0 Å². The van der Waals surface area contributed by atoms with Crippen molar-refractivity contribution in [3.8, 4) is 11.5 Å². The Kier molecular flexibility index (Phi) is 5.84. The third-order valence-corrected chi connectivity index (χ3v) is 2.82. The number of ether oxygens (including phenoxy) is 2. The van der Waals surface area contributed by atoms with Crippen LogP contribution >= 0.6 is 0 Å². The van der Waals surface area contributed by atoms with Crippen molar-refractivity contribution in [2.24, 2.45) is 0 Å². The van der Waals surface area contributed by atoms with E-state index in [2.05, 4.69) is 25.2 Å². The first-order chi connectivity index (χ1) is 8.22. The van der Waals surface area contributed by atoms with Crippen molar-refractivity contribution < 1.29 is 9.47 Å². The fourth-order valence-corrected chi connectivity index (χ4v) is 1.60. The van der Waals surface area contributed by atoms with E-state index in [-0.39, 0.29) is 0 Å². The van der Waals surface area contributed by atoms with E-state index >= 15 is 0 Å². The Morgan fingerprint density at radius 3 is 2.65 bits per heavy atom. The molecule has 0 saturated heterocycles. The van der Waals surface area contributed by atoms with Gasteiger partial charge in [-0.05, 0) is 26.3 Å². The van der Waals surface area contributed by atoms with Gasteiger partial charge in [0, 0.05) is 18.2 Å². The van der Waals surface area contributed by atoms with Crippen molar-refractivity contribution in [1.29, 1.82) is 0 Å². The summed E-state index contributed by atoms with van der Waals surface area (Å²) < 4.78 is 11.0. The Bertz CT molecular complexity index is 339. The van der Waals surface area contributed by atoms with E-state index in [4.69, 9.17) is 9.47 Å². The molecule has 0 aliphatic rings. The maximum Gasteiger partial charge on any atom is 0.165 e. The predicted molar refractivity (Wildman–Crippen MR) is 70.8 cm³/mol. The maximum absolute atomic E-state index is 5.66. The van der Waals surface area contributed by atoms with E-state index in [9.17, 15) is 0 Å². The number of rotatable bonds is 7. The average molecular weight is 237 g/mol. The average Bonchev–Trinajstić information content (AvgIpc) is 2.37. The molecule has 0 aliphatic heterocycles. The highest BCUT2D eigenvalue weighted by Crippen LogP contribution is 2.31. The maximum atomic E-state index is 5.66. The van der Waals surface area contributed by atoms with Crippen LogP contribution in [0.4, 0.5) is 0 Å². The highest BCUT2D eigenvalue weighted by Gasteiger charge is 2.10. The molecule has 1 aromatic carbocycles. The smallest absolute Gasteiger partial charge is 0.165 e. The van der Waals surface area contributed by atoms with E-state index in [0.717, 1.165) is 30.0 Å². The molecular formula is C14H23NO2. The van der Waals surface area contributed by atoms with Gasteiger partial charge in [-0.1, -0.05) is 19.1 Å². The van der Waals surface area contributed by atoms with Crippen molar-refractivity contribution in [3.63, 3.8) is 0 Å². The molecule has 0 saturated carbocycles. The molecular weight excluding hydrogens is 214 g/mol. The van der Waals surface area contributed by atoms with E-state index in [0.29, 0.717) is 12.6 Å². The summed E-state index contributed by atoms with van der Waals surface area (Å²) in [7, 11) is 1.67. The topological polar surface area (TPSA) is 30.5 Å². The Hall–Kier alpha value is -1.22. The second-order valence-corrected chi connectivity index (χ2v) is 4.07. The van der Waals surface area contributed by atoms with Gasteiger partial charge >= 0.3 is 0 Å². The molecule has 3 nitrogen and oxygen atoms in total. The minimum atomic E-state index is 0.510. The normalized spacial score (nSPS) is 12.2. The standard InChI is InChI=1S/C14H23NO2/c1-5-11(3)15-10-12-8-7-9-13(16-4)14(12)17-6-2/h7-9,11,15H,5-6,10H2,1-4H3. The third-order valence-electron chi connectivity index (χ3n) is 2.82. The second-order valence-electron chi connectivity index (χ2n) is 4.07. The molecule has 0 aliphatic carbocycles. The van der Waals surface area contributed by atoms with Gasteiger partial charge in [0.1, 0.15) is 0 Å². The first-order valence-electron chi connectivity index (χ1n) is 6.24. The molecule has 1 unspecified atom stereocenters. The van der Waals surface area contributed by atoms with Crippen LogP contribution in [-0.4, -0.2) is 19.8 Å². The van der Waals surface area contributed by atoms with Gasteiger partial charge in [0.05, 0.1) is 13.7 Å². The molecule has 96 valence electrons. The van der Waals surface area contributed by atoms with Gasteiger partial charge in [-0.15, -0.1) is 0 Å². The summed E-state index contributed by atoms with van der Waals surface area (Å²) in [6.45, 7) is 7.80. The van der Waals surface area contributed by atoms with Gasteiger partial charge in [0.15, 0.2) is 11.5 Å². The van der Waals surface area contributed by atoms with Gasteiger partial charge in [0.25, 0.3) is 0 Å². The van der Waals surface area contributed by atoms with Gasteiger partial charge in [-0.2, -0.15) is 0 Å². The van der Waals surface area contributed by atoms with Crippen molar-refractivity contribution in [1.82, 2.24) is 5.32 Å². The van der Waals surface area contributed by atoms with Crippen molar-refractivity contribution in [2.45, 2.75) is 39.8 Å². The van der Waals surface area contributed by atoms with Crippen molar-refractivity contribution in [3.05, 3.63) is 23.8 Å². The van der Waals surface area contributed by atoms with E-state index < -0.39 is 0 Å². The number of para-hydroxylation sites is 1. The molecule has 17 heavy (non-hydrogen) atoms. The van der Waals surface area contributed by atoms with E-state index in [1.165, 1.54) is 0 Å². The Morgan fingerprint density at radius 2 is 2.06 bits per heavy atom. The zero-order chi connectivity index (χ0) is 12.7. The van der Waals surface area contributed by atoms with Gasteiger partial charge < -0.3 is 14.8 Å². The van der Waals surface area contributed by atoms with Crippen molar-refractivity contribution in [2.75, 3.05) is 13.7 Å². The minimum absolute atomic E-state index is 0.510. The van der Waals surface area contributed by atoms with E-state index in [1.54, 1.807) is 7.11 Å². The Morgan fingerprint density at radius 1 is 1.29 bits per heavy atom. The van der Waals surface area contributed by atoms with Crippen LogP contribution in [0.5, 0.6) is 11.5 Å². The molecule has 0 radical (unpaired) electrons. The van der Waals surface area contributed by atoms with E-state index in [1.807, 2.05) is 19.1 Å². The molecule has 0 fully saturated rings. The van der Waals surface area contributed by atoms with Crippen LogP contribution in [0.15, 0.2) is 18.2 Å². The van der Waals surface area contributed by atoms with Crippen LogP contribution in [-0.2, 0) is 6.54 Å². The fourth-order valence-electron chi connectivity index (χ4n) is 1.60. The lowest BCUT2D eigenvalue weighted by Gasteiger charge is -2.16. The largest absolute Gasteiger partial charge is 0.493 e. The predicted octanol–water partition coefficient (Wildman–Crippen LogP) is 2.98. The first-order valence-corrected chi connectivity index (χ1v) is 6.24. The Balaban J connectivity index is 2.82. The van der Waals surface area contributed by atoms with Crippen LogP contribution < -0.4 is 14.8 Å². The molecule has 3 heteroatoms.